The van der Waals surface area contributed by atoms with E-state index in [1.54, 1.807) is 36.5 Å². The quantitative estimate of drug-likeness (QED) is 0.400. The number of nitrogens with zero attached hydrogens (tertiary/aromatic N) is 2. The molecule has 2 heterocycles. The van der Waals surface area contributed by atoms with Gasteiger partial charge in [0.05, 0.1) is 6.42 Å². The number of nitrogens with one attached hydrogen (secondary N) is 2. The second-order valence-electron chi connectivity index (χ2n) is 8.19. The van der Waals surface area contributed by atoms with Crippen LogP contribution in [0.3, 0.4) is 0 Å². The molecule has 9 nitrogen and oxygen atoms in total. The summed E-state index contributed by atoms with van der Waals surface area (Å²) in [7, 11) is 0. The summed E-state index contributed by atoms with van der Waals surface area (Å²) in [6, 6.07) is 10.5. The maximum absolute atomic E-state index is 13.2. The molecule has 1 aromatic heterocycles. The number of H-pyrrole nitrogens is 1. The maximum Gasteiger partial charge on any atom is 0.325 e. The zero-order valence-electron chi connectivity index (χ0n) is 18.3. The molecule has 178 valence electrons. The highest BCUT2D eigenvalue weighted by molar-refractivity contribution is 5.96. The molecule has 0 saturated carbocycles. The van der Waals surface area contributed by atoms with E-state index in [1.807, 2.05) is 4.90 Å². The lowest BCUT2D eigenvalue weighted by molar-refractivity contribution is -0.143. The molecule has 0 bridgehead atoms. The third-order valence-electron chi connectivity index (χ3n) is 5.96. The van der Waals surface area contributed by atoms with Gasteiger partial charge in [0.15, 0.2) is 0 Å². The normalized spacial score (nSPS) is 15.3. The zero-order chi connectivity index (χ0) is 24.2. The molecule has 1 fully saturated rings. The van der Waals surface area contributed by atoms with Gasteiger partial charge < -0.3 is 25.4 Å². The Morgan fingerprint density at radius 3 is 2.35 bits per heavy atom. The molecule has 3 aromatic rings. The molecule has 4 N–H and O–H groups in total. The summed E-state index contributed by atoms with van der Waals surface area (Å²) < 4.78 is 13.2. The van der Waals surface area contributed by atoms with Crippen LogP contribution in [-0.2, 0) is 14.4 Å². The number of amides is 1. The summed E-state index contributed by atoms with van der Waals surface area (Å²) in [5.41, 5.74) is 2.67. The number of carboxylic acid groups (broad SMARTS) is 2. The number of benzene rings is 2. The van der Waals surface area contributed by atoms with Crippen LogP contribution < -0.4 is 10.2 Å². The Labute approximate surface area is 194 Å². The fourth-order valence-corrected chi connectivity index (χ4v) is 4.27. The monoisotopic (exact) mass is 468 g/mol. The smallest absolute Gasteiger partial charge is 0.325 e. The van der Waals surface area contributed by atoms with Gasteiger partial charge in [-0.3, -0.25) is 19.3 Å². The molecule has 1 saturated heterocycles. The van der Waals surface area contributed by atoms with Gasteiger partial charge in [0.25, 0.3) is 0 Å². The van der Waals surface area contributed by atoms with Crippen LogP contribution in [0.5, 0.6) is 0 Å². The number of carbonyl (C=O) groups excluding carboxylic acids is 1. The van der Waals surface area contributed by atoms with E-state index < -0.39 is 23.9 Å². The molecule has 1 aliphatic rings. The minimum atomic E-state index is -1.05. The number of carbonyl (C=O) groups is 3. The number of hydrogen-bond donors (Lipinski definition) is 4. The Morgan fingerprint density at radius 2 is 1.71 bits per heavy atom. The topological polar surface area (TPSA) is 126 Å². The number of fused-ring (bicyclic) bond motifs is 1. The number of hydrogen-bond acceptors (Lipinski definition) is 5. The van der Waals surface area contributed by atoms with Crippen molar-refractivity contribution in [2.24, 2.45) is 0 Å². The van der Waals surface area contributed by atoms with Crippen LogP contribution >= 0.6 is 0 Å². The molecule has 0 radical (unpaired) electrons. The second-order valence-corrected chi connectivity index (χ2v) is 8.19. The van der Waals surface area contributed by atoms with Crippen LogP contribution in [0, 0.1) is 5.82 Å². The third-order valence-corrected chi connectivity index (χ3v) is 5.96. The second kappa shape index (κ2) is 9.92. The predicted octanol–water partition coefficient (Wildman–Crippen LogP) is 3.06. The summed E-state index contributed by atoms with van der Waals surface area (Å²) in [6.07, 6.45) is 1.25. The van der Waals surface area contributed by atoms with Gasteiger partial charge in [-0.15, -0.1) is 0 Å². The van der Waals surface area contributed by atoms with Gasteiger partial charge in [0.2, 0.25) is 5.91 Å². The lowest BCUT2D eigenvalue weighted by Crippen LogP contribution is -2.49. The number of aliphatic carboxylic acids is 2. The van der Waals surface area contributed by atoms with Gasteiger partial charge in [0.1, 0.15) is 11.9 Å². The molecule has 1 unspecified atom stereocenters. The molecule has 0 aliphatic carbocycles. The highest BCUT2D eigenvalue weighted by Crippen LogP contribution is 2.32. The number of aromatic nitrogens is 1. The van der Waals surface area contributed by atoms with Crippen molar-refractivity contribution in [1.29, 1.82) is 0 Å². The molecule has 34 heavy (non-hydrogen) atoms. The molecule has 2 aromatic carbocycles. The van der Waals surface area contributed by atoms with Crippen molar-refractivity contribution < 1.29 is 29.0 Å². The van der Waals surface area contributed by atoms with E-state index in [1.165, 1.54) is 12.1 Å². The highest BCUT2D eigenvalue weighted by atomic mass is 19.1. The molecule has 4 rings (SSSR count). The largest absolute Gasteiger partial charge is 0.481 e. The van der Waals surface area contributed by atoms with Crippen LogP contribution in [0.25, 0.3) is 10.9 Å². The summed E-state index contributed by atoms with van der Waals surface area (Å²) in [5.74, 6) is -2.76. The molecular formula is C24H25FN4O5. The van der Waals surface area contributed by atoms with Crippen LogP contribution in [-0.4, -0.2) is 64.1 Å². The van der Waals surface area contributed by atoms with Crippen molar-refractivity contribution in [3.05, 3.63) is 60.0 Å². The van der Waals surface area contributed by atoms with Gasteiger partial charge in [-0.05, 0) is 42.5 Å². The first kappa shape index (κ1) is 23.2. The van der Waals surface area contributed by atoms with Crippen LogP contribution in [0.1, 0.15) is 24.4 Å². The Morgan fingerprint density at radius 1 is 1.00 bits per heavy atom. The first-order chi connectivity index (χ1) is 16.3. The van der Waals surface area contributed by atoms with Gasteiger partial charge in [-0.2, -0.15) is 0 Å². The number of carboxylic acids is 2. The van der Waals surface area contributed by atoms with E-state index in [4.69, 9.17) is 5.11 Å². The number of piperazine rings is 1. The Kier molecular flexibility index (Phi) is 6.78. The van der Waals surface area contributed by atoms with Crippen molar-refractivity contribution in [3.63, 3.8) is 0 Å². The van der Waals surface area contributed by atoms with Crippen molar-refractivity contribution in [2.75, 3.05) is 36.4 Å². The lowest BCUT2D eigenvalue weighted by Gasteiger charge is -2.38. The fourth-order valence-electron chi connectivity index (χ4n) is 4.27. The Balaban J connectivity index is 1.51. The zero-order valence-corrected chi connectivity index (χ0v) is 18.3. The van der Waals surface area contributed by atoms with E-state index in [0.717, 1.165) is 11.2 Å². The Bertz CT molecular complexity index is 1200. The van der Waals surface area contributed by atoms with Crippen LogP contribution in [0.15, 0.2) is 48.7 Å². The minimum absolute atomic E-state index is 0.149. The van der Waals surface area contributed by atoms with Crippen molar-refractivity contribution in [1.82, 2.24) is 9.88 Å². The number of rotatable bonds is 8. The SMILES string of the molecule is O=C(O)CCC(=O)Nc1ccc2[nH]cc(C(C(=O)O)N3CCN(c4ccc(F)cc4)CC3)c2c1. The number of anilines is 2. The number of aromatic amines is 1. The lowest BCUT2D eigenvalue weighted by atomic mass is 10.0. The van der Waals surface area contributed by atoms with E-state index >= 15 is 0 Å². The third kappa shape index (κ3) is 5.18. The molecule has 1 aliphatic heterocycles. The first-order valence-corrected chi connectivity index (χ1v) is 10.9. The van der Waals surface area contributed by atoms with Crippen LogP contribution in [0.2, 0.25) is 0 Å². The maximum atomic E-state index is 13.2. The predicted molar refractivity (Wildman–Crippen MR) is 124 cm³/mol. The van der Waals surface area contributed by atoms with Crippen molar-refractivity contribution in [2.45, 2.75) is 18.9 Å². The summed E-state index contributed by atoms with van der Waals surface area (Å²) >= 11 is 0. The van der Waals surface area contributed by atoms with E-state index in [9.17, 15) is 23.9 Å². The van der Waals surface area contributed by atoms with E-state index in [0.29, 0.717) is 42.8 Å². The average molecular weight is 468 g/mol. The average Bonchev–Trinajstić information content (AvgIpc) is 3.21. The van der Waals surface area contributed by atoms with Crippen molar-refractivity contribution >= 4 is 40.1 Å². The van der Waals surface area contributed by atoms with Gasteiger partial charge in [-0.1, -0.05) is 0 Å². The first-order valence-electron chi connectivity index (χ1n) is 10.9. The summed E-state index contributed by atoms with van der Waals surface area (Å²) in [5, 5.41) is 22.2. The van der Waals surface area contributed by atoms with Gasteiger partial charge in [0, 0.05) is 66.6 Å². The molecule has 10 heteroatoms. The minimum Gasteiger partial charge on any atom is -0.481 e. The molecule has 0 spiro atoms. The van der Waals surface area contributed by atoms with Crippen molar-refractivity contribution in [3.8, 4) is 0 Å². The Hall–Kier alpha value is -3.92. The molecular weight excluding hydrogens is 443 g/mol. The standard InChI is InChI=1S/C24H25FN4O5/c25-15-1-4-17(5-2-15)28-9-11-29(12-10-28)23(24(33)34)19-14-26-20-6-3-16(13-18(19)20)27-21(30)7-8-22(31)32/h1-6,13-14,23,26H,7-12H2,(H,27,30)(H,31,32)(H,33,34). The van der Waals surface area contributed by atoms with Gasteiger partial charge in [-0.25, -0.2) is 4.39 Å². The summed E-state index contributed by atoms with van der Waals surface area (Å²) in [6.45, 7) is 2.21. The fraction of sp³-hybridized carbons (Fsp3) is 0.292. The van der Waals surface area contributed by atoms with E-state index in [-0.39, 0.29) is 18.7 Å². The summed E-state index contributed by atoms with van der Waals surface area (Å²) in [4.78, 5) is 42.1. The highest BCUT2D eigenvalue weighted by Gasteiger charge is 2.32. The molecule has 1 amide bonds. The van der Waals surface area contributed by atoms with Gasteiger partial charge >= 0.3 is 11.9 Å². The molecule has 1 atom stereocenters. The van der Waals surface area contributed by atoms with E-state index in [2.05, 4.69) is 15.2 Å². The van der Waals surface area contributed by atoms with Crippen LogP contribution in [0.4, 0.5) is 15.8 Å². The number of halogens is 1.